The van der Waals surface area contributed by atoms with E-state index in [2.05, 4.69) is 9.97 Å². The van der Waals surface area contributed by atoms with Crippen LogP contribution in [-0.4, -0.2) is 44.5 Å². The zero-order valence-electron chi connectivity index (χ0n) is 14.0. The van der Waals surface area contributed by atoms with Crippen LogP contribution in [0.15, 0.2) is 40.1 Å². The molecule has 1 N–H and O–H groups in total. The molecule has 0 bridgehead atoms. The lowest BCUT2D eigenvalue weighted by Gasteiger charge is -2.17. The molecule has 1 fully saturated rings. The van der Waals surface area contributed by atoms with E-state index in [-0.39, 0.29) is 25.0 Å². The number of carbonyl (C=O) groups excluding carboxylic acids is 1. The lowest BCUT2D eigenvalue weighted by atomic mass is 10.3. The van der Waals surface area contributed by atoms with Gasteiger partial charge in [-0.05, 0) is 13.0 Å². The van der Waals surface area contributed by atoms with Crippen LogP contribution in [0.5, 0.6) is 5.88 Å². The number of H-pyrrole nitrogens is 1. The fourth-order valence-corrected chi connectivity index (χ4v) is 2.80. The Morgan fingerprint density at radius 2 is 2.20 bits per heavy atom. The maximum absolute atomic E-state index is 12.3. The van der Waals surface area contributed by atoms with Crippen molar-refractivity contribution in [2.24, 2.45) is 0 Å². The lowest BCUT2D eigenvalue weighted by molar-refractivity contribution is -0.130. The number of carbonyl (C=O) groups is 1. The van der Waals surface area contributed by atoms with E-state index in [1.165, 1.54) is 16.8 Å². The van der Waals surface area contributed by atoms with Crippen LogP contribution in [0.4, 0.5) is 0 Å². The molecule has 1 unspecified atom stereocenters. The molecule has 0 aliphatic carbocycles. The Labute approximate surface area is 144 Å². The highest BCUT2D eigenvalue weighted by atomic mass is 16.5. The minimum atomic E-state index is -0.506. The van der Waals surface area contributed by atoms with Gasteiger partial charge in [0.2, 0.25) is 11.8 Å². The molecule has 0 radical (unpaired) electrons. The molecule has 8 heteroatoms. The predicted molar refractivity (Wildman–Crippen MR) is 90.5 cm³/mol. The first kappa shape index (κ1) is 16.9. The first-order chi connectivity index (χ1) is 12.0. The van der Waals surface area contributed by atoms with E-state index in [9.17, 15) is 14.4 Å². The monoisotopic (exact) mass is 344 g/mol. The van der Waals surface area contributed by atoms with Crippen molar-refractivity contribution < 1.29 is 9.53 Å². The summed E-state index contributed by atoms with van der Waals surface area (Å²) >= 11 is 0. The van der Waals surface area contributed by atoms with E-state index in [0.717, 1.165) is 12.1 Å². The van der Waals surface area contributed by atoms with E-state index in [1.54, 1.807) is 11.0 Å². The van der Waals surface area contributed by atoms with Gasteiger partial charge in [0.1, 0.15) is 6.10 Å². The third kappa shape index (κ3) is 4.34. The fourth-order valence-electron chi connectivity index (χ4n) is 2.80. The summed E-state index contributed by atoms with van der Waals surface area (Å²) in [6.07, 6.45) is 2.27. The lowest BCUT2D eigenvalue weighted by Crippen LogP contribution is -2.34. The molecule has 3 heterocycles. The Hall–Kier alpha value is -2.90. The van der Waals surface area contributed by atoms with Gasteiger partial charge in [-0.2, -0.15) is 0 Å². The summed E-state index contributed by atoms with van der Waals surface area (Å²) in [5.41, 5.74) is -0.0694. The number of rotatable bonds is 5. The standard InChI is InChI=1S/C17H20N4O4/c1-12-3-2-4-15(18-12)25-13-5-8-21(11-13)16(23)7-10-20-9-6-14(22)19-17(20)24/h2-4,6,9,13H,5,7-8,10-11H2,1H3,(H,19,22,24). The zero-order chi connectivity index (χ0) is 17.8. The predicted octanol–water partition coefficient (Wildman–Crippen LogP) is 0.310. The summed E-state index contributed by atoms with van der Waals surface area (Å²) in [5.74, 6) is 0.528. The highest BCUT2D eigenvalue weighted by Gasteiger charge is 2.27. The van der Waals surface area contributed by atoms with Crippen LogP contribution in [-0.2, 0) is 11.3 Å². The summed E-state index contributed by atoms with van der Waals surface area (Å²) in [4.78, 5) is 43.2. The van der Waals surface area contributed by atoms with Crippen molar-refractivity contribution in [3.8, 4) is 5.88 Å². The second kappa shape index (κ2) is 7.33. The maximum atomic E-state index is 12.3. The fraction of sp³-hybridized carbons (Fsp3) is 0.412. The van der Waals surface area contributed by atoms with Crippen LogP contribution in [0.3, 0.4) is 0 Å². The molecule has 8 nitrogen and oxygen atoms in total. The second-order valence-corrected chi connectivity index (χ2v) is 6.04. The van der Waals surface area contributed by atoms with Crippen molar-refractivity contribution in [3.05, 3.63) is 57.0 Å². The minimum absolute atomic E-state index is 0.0404. The van der Waals surface area contributed by atoms with Crippen molar-refractivity contribution in [3.63, 3.8) is 0 Å². The number of nitrogens with zero attached hydrogens (tertiary/aromatic N) is 3. The van der Waals surface area contributed by atoms with Crippen molar-refractivity contribution >= 4 is 5.91 Å². The number of hydrogen-bond acceptors (Lipinski definition) is 5. The Balaban J connectivity index is 1.52. The number of pyridine rings is 1. The van der Waals surface area contributed by atoms with Crippen LogP contribution in [0.25, 0.3) is 0 Å². The Bertz CT molecular complexity index is 873. The molecule has 2 aromatic heterocycles. The molecule has 1 aliphatic rings. The summed E-state index contributed by atoms with van der Waals surface area (Å²) < 4.78 is 7.15. The molecule has 132 valence electrons. The van der Waals surface area contributed by atoms with Crippen molar-refractivity contribution in [1.82, 2.24) is 19.4 Å². The molecule has 1 aliphatic heterocycles. The van der Waals surface area contributed by atoms with Crippen LogP contribution >= 0.6 is 0 Å². The molecule has 1 atom stereocenters. The largest absolute Gasteiger partial charge is 0.472 e. The van der Waals surface area contributed by atoms with Crippen LogP contribution in [0.2, 0.25) is 0 Å². The van der Waals surface area contributed by atoms with Gasteiger partial charge < -0.3 is 14.2 Å². The van der Waals surface area contributed by atoms with E-state index in [1.807, 2.05) is 19.1 Å². The third-order valence-electron chi connectivity index (χ3n) is 4.11. The average molecular weight is 344 g/mol. The first-order valence-corrected chi connectivity index (χ1v) is 8.19. The van der Waals surface area contributed by atoms with Crippen LogP contribution in [0, 0.1) is 6.92 Å². The van der Waals surface area contributed by atoms with E-state index >= 15 is 0 Å². The summed E-state index contributed by atoms with van der Waals surface area (Å²) in [5, 5.41) is 0. The van der Waals surface area contributed by atoms with E-state index in [4.69, 9.17) is 4.74 Å². The summed E-state index contributed by atoms with van der Waals surface area (Å²) in [6, 6.07) is 6.86. The number of aryl methyl sites for hydroxylation is 2. The van der Waals surface area contributed by atoms with Gasteiger partial charge in [0.15, 0.2) is 0 Å². The van der Waals surface area contributed by atoms with Gasteiger partial charge in [0.25, 0.3) is 5.56 Å². The van der Waals surface area contributed by atoms with Gasteiger partial charge >= 0.3 is 5.69 Å². The molecule has 3 rings (SSSR count). The van der Waals surface area contributed by atoms with E-state index in [0.29, 0.717) is 19.0 Å². The van der Waals surface area contributed by atoms with Gasteiger partial charge in [-0.25, -0.2) is 9.78 Å². The smallest absolute Gasteiger partial charge is 0.328 e. The van der Waals surface area contributed by atoms with E-state index < -0.39 is 11.2 Å². The van der Waals surface area contributed by atoms with Gasteiger partial charge in [0.05, 0.1) is 6.54 Å². The normalized spacial score (nSPS) is 16.8. The van der Waals surface area contributed by atoms with Crippen molar-refractivity contribution in [2.75, 3.05) is 13.1 Å². The average Bonchev–Trinajstić information content (AvgIpc) is 3.02. The number of ether oxygens (including phenoxy) is 1. The third-order valence-corrected chi connectivity index (χ3v) is 4.11. The molecule has 1 amide bonds. The topological polar surface area (TPSA) is 97.3 Å². The molecule has 2 aromatic rings. The highest BCUT2D eigenvalue weighted by molar-refractivity contribution is 5.76. The first-order valence-electron chi connectivity index (χ1n) is 8.19. The molecule has 0 saturated carbocycles. The Morgan fingerprint density at radius 3 is 2.96 bits per heavy atom. The number of amides is 1. The number of hydrogen-bond donors (Lipinski definition) is 1. The SMILES string of the molecule is Cc1cccc(OC2CCN(C(=O)CCn3ccc(=O)[nH]c3=O)C2)n1. The van der Waals surface area contributed by atoms with Gasteiger partial charge in [-0.15, -0.1) is 0 Å². The van der Waals surface area contributed by atoms with Crippen LogP contribution in [0.1, 0.15) is 18.5 Å². The van der Waals surface area contributed by atoms with Crippen molar-refractivity contribution in [1.29, 1.82) is 0 Å². The number of nitrogens with one attached hydrogen (secondary N) is 1. The number of likely N-dealkylation sites (tertiary alicyclic amines) is 1. The zero-order valence-corrected chi connectivity index (χ0v) is 14.0. The van der Waals surface area contributed by atoms with Gasteiger partial charge in [0, 0.05) is 50.0 Å². The molecular weight excluding hydrogens is 324 g/mol. The molecule has 1 saturated heterocycles. The van der Waals surface area contributed by atoms with Crippen LogP contribution < -0.4 is 16.0 Å². The van der Waals surface area contributed by atoms with Crippen molar-refractivity contribution in [2.45, 2.75) is 32.4 Å². The number of aromatic amines is 1. The second-order valence-electron chi connectivity index (χ2n) is 6.04. The molecule has 0 aromatic carbocycles. The molecule has 25 heavy (non-hydrogen) atoms. The van der Waals surface area contributed by atoms with Gasteiger partial charge in [-0.1, -0.05) is 6.07 Å². The molecule has 0 spiro atoms. The minimum Gasteiger partial charge on any atom is -0.472 e. The van der Waals surface area contributed by atoms with Gasteiger partial charge in [-0.3, -0.25) is 14.6 Å². The summed E-state index contributed by atoms with van der Waals surface area (Å²) in [6.45, 7) is 3.26. The highest BCUT2D eigenvalue weighted by Crippen LogP contribution is 2.17. The quantitative estimate of drug-likeness (QED) is 0.842. The summed E-state index contributed by atoms with van der Waals surface area (Å²) in [7, 11) is 0. The number of aromatic nitrogens is 3. The molecular formula is C17H20N4O4. The Kier molecular flexibility index (Phi) is 4.97. The Morgan fingerprint density at radius 1 is 1.36 bits per heavy atom. The maximum Gasteiger partial charge on any atom is 0.328 e.